The zero-order valence-electron chi connectivity index (χ0n) is 14.8. The number of amides is 1. The SMILES string of the molecule is Cl.Cl.O=C(NCCC1CCNC1)c1cc(-c2cccs2)nc2ccccc12. The Kier molecular flexibility index (Phi) is 8.05. The highest BCUT2D eigenvalue weighted by Crippen LogP contribution is 2.27. The van der Waals surface area contributed by atoms with E-state index in [-0.39, 0.29) is 30.7 Å². The maximum absolute atomic E-state index is 12.8. The monoisotopic (exact) mass is 423 g/mol. The molecule has 1 fully saturated rings. The van der Waals surface area contributed by atoms with Gasteiger partial charge in [0.25, 0.3) is 5.91 Å². The maximum Gasteiger partial charge on any atom is 0.252 e. The molecular formula is C20H23Cl2N3OS. The Morgan fingerprint density at radius 1 is 1.22 bits per heavy atom. The van der Waals surface area contributed by atoms with Gasteiger partial charge < -0.3 is 10.6 Å². The summed E-state index contributed by atoms with van der Waals surface area (Å²) in [6.07, 6.45) is 2.23. The summed E-state index contributed by atoms with van der Waals surface area (Å²) in [5.41, 5.74) is 2.43. The van der Waals surface area contributed by atoms with Gasteiger partial charge in [-0.05, 0) is 55.4 Å². The van der Waals surface area contributed by atoms with Crippen LogP contribution in [0.3, 0.4) is 0 Å². The summed E-state index contributed by atoms with van der Waals surface area (Å²) in [4.78, 5) is 18.6. The molecule has 3 aromatic rings. The van der Waals surface area contributed by atoms with Gasteiger partial charge in [-0.1, -0.05) is 24.3 Å². The number of fused-ring (bicyclic) bond motifs is 1. The fourth-order valence-corrected chi connectivity index (χ4v) is 4.05. The third-order valence-electron chi connectivity index (χ3n) is 4.73. The minimum Gasteiger partial charge on any atom is -0.352 e. The molecule has 1 saturated heterocycles. The van der Waals surface area contributed by atoms with E-state index in [1.54, 1.807) is 11.3 Å². The van der Waals surface area contributed by atoms with Gasteiger partial charge in [0, 0.05) is 11.9 Å². The first-order valence-electron chi connectivity index (χ1n) is 8.74. The highest BCUT2D eigenvalue weighted by atomic mass is 35.5. The number of nitrogens with one attached hydrogen (secondary N) is 2. The lowest BCUT2D eigenvalue weighted by Crippen LogP contribution is -2.26. The number of rotatable bonds is 5. The number of aromatic nitrogens is 1. The molecule has 4 rings (SSSR count). The second kappa shape index (κ2) is 10.0. The molecule has 1 amide bonds. The molecule has 1 unspecified atom stereocenters. The van der Waals surface area contributed by atoms with E-state index in [4.69, 9.17) is 4.98 Å². The highest BCUT2D eigenvalue weighted by Gasteiger charge is 2.16. The molecule has 1 aromatic carbocycles. The third kappa shape index (κ3) is 4.99. The lowest BCUT2D eigenvalue weighted by Gasteiger charge is -2.12. The van der Waals surface area contributed by atoms with E-state index < -0.39 is 0 Å². The van der Waals surface area contributed by atoms with E-state index in [1.165, 1.54) is 6.42 Å². The second-order valence-electron chi connectivity index (χ2n) is 6.45. The van der Waals surface area contributed by atoms with Crippen LogP contribution in [-0.4, -0.2) is 30.5 Å². The van der Waals surface area contributed by atoms with Crippen molar-refractivity contribution in [3.8, 4) is 10.6 Å². The number of benzene rings is 1. The number of hydrogen-bond acceptors (Lipinski definition) is 4. The van der Waals surface area contributed by atoms with Crippen molar-refractivity contribution in [1.29, 1.82) is 0 Å². The van der Waals surface area contributed by atoms with Crippen molar-refractivity contribution < 1.29 is 4.79 Å². The topological polar surface area (TPSA) is 54.0 Å². The molecule has 27 heavy (non-hydrogen) atoms. The van der Waals surface area contributed by atoms with Gasteiger partial charge in [0.1, 0.15) is 0 Å². The van der Waals surface area contributed by atoms with E-state index in [0.29, 0.717) is 11.5 Å². The molecule has 3 heterocycles. The number of thiophene rings is 1. The Morgan fingerprint density at radius 3 is 2.81 bits per heavy atom. The Bertz CT molecular complexity index is 880. The summed E-state index contributed by atoms with van der Waals surface area (Å²) >= 11 is 1.64. The summed E-state index contributed by atoms with van der Waals surface area (Å²) in [6, 6.07) is 13.8. The Balaban J connectivity index is 0.00000131. The fourth-order valence-electron chi connectivity index (χ4n) is 3.36. The molecular weight excluding hydrogens is 401 g/mol. The molecule has 0 aliphatic carbocycles. The molecule has 1 atom stereocenters. The Morgan fingerprint density at radius 2 is 2.07 bits per heavy atom. The van der Waals surface area contributed by atoms with Crippen molar-refractivity contribution in [2.45, 2.75) is 12.8 Å². The van der Waals surface area contributed by atoms with E-state index in [9.17, 15) is 4.79 Å². The number of para-hydroxylation sites is 1. The van der Waals surface area contributed by atoms with Gasteiger partial charge in [-0.25, -0.2) is 4.98 Å². The maximum atomic E-state index is 12.8. The molecule has 0 saturated carbocycles. The van der Waals surface area contributed by atoms with Crippen LogP contribution in [0.15, 0.2) is 47.8 Å². The summed E-state index contributed by atoms with van der Waals surface area (Å²) < 4.78 is 0. The van der Waals surface area contributed by atoms with Crippen LogP contribution in [0.4, 0.5) is 0 Å². The van der Waals surface area contributed by atoms with Gasteiger partial charge in [-0.3, -0.25) is 4.79 Å². The first-order valence-corrected chi connectivity index (χ1v) is 9.62. The summed E-state index contributed by atoms with van der Waals surface area (Å²) in [5, 5.41) is 9.40. The normalized spacial score (nSPS) is 15.8. The van der Waals surface area contributed by atoms with Crippen LogP contribution in [-0.2, 0) is 0 Å². The van der Waals surface area contributed by atoms with Crippen LogP contribution in [0.5, 0.6) is 0 Å². The van der Waals surface area contributed by atoms with Crippen molar-refractivity contribution in [2.75, 3.05) is 19.6 Å². The standard InChI is InChI=1S/C20H21N3OS.2ClH/c24-20(22-10-8-14-7-9-21-13-14)16-12-18(19-6-3-11-25-19)23-17-5-2-1-4-15(16)17;;/h1-6,11-12,14,21H,7-10,13H2,(H,22,24);2*1H. The quantitative estimate of drug-likeness (QED) is 0.633. The molecule has 0 spiro atoms. The molecule has 4 nitrogen and oxygen atoms in total. The zero-order chi connectivity index (χ0) is 17.1. The van der Waals surface area contributed by atoms with Crippen LogP contribution in [0.1, 0.15) is 23.2 Å². The fraction of sp³-hybridized carbons (Fsp3) is 0.300. The zero-order valence-corrected chi connectivity index (χ0v) is 17.3. The van der Waals surface area contributed by atoms with Crippen molar-refractivity contribution in [2.24, 2.45) is 5.92 Å². The van der Waals surface area contributed by atoms with Gasteiger partial charge in [-0.15, -0.1) is 36.2 Å². The average Bonchev–Trinajstić information content (AvgIpc) is 3.34. The number of carbonyl (C=O) groups is 1. The van der Waals surface area contributed by atoms with E-state index in [0.717, 1.165) is 47.5 Å². The summed E-state index contributed by atoms with van der Waals surface area (Å²) in [5.74, 6) is 0.665. The number of halogens is 2. The van der Waals surface area contributed by atoms with Crippen LogP contribution in [0, 0.1) is 5.92 Å². The lowest BCUT2D eigenvalue weighted by atomic mass is 10.0. The van der Waals surface area contributed by atoms with E-state index >= 15 is 0 Å². The van der Waals surface area contributed by atoms with Crippen molar-refractivity contribution in [1.82, 2.24) is 15.6 Å². The molecule has 7 heteroatoms. The van der Waals surface area contributed by atoms with Crippen LogP contribution in [0.2, 0.25) is 0 Å². The first kappa shape index (κ1) is 21.6. The van der Waals surface area contributed by atoms with E-state index in [1.807, 2.05) is 47.8 Å². The second-order valence-corrected chi connectivity index (χ2v) is 7.40. The molecule has 1 aliphatic heterocycles. The highest BCUT2D eigenvalue weighted by molar-refractivity contribution is 7.13. The Labute approximate surface area is 175 Å². The first-order chi connectivity index (χ1) is 12.3. The number of pyridine rings is 1. The van der Waals surface area contributed by atoms with Gasteiger partial charge in [0.05, 0.1) is 21.7 Å². The van der Waals surface area contributed by atoms with Crippen LogP contribution >= 0.6 is 36.2 Å². The van der Waals surface area contributed by atoms with Crippen molar-refractivity contribution in [3.05, 3.63) is 53.4 Å². The predicted octanol–water partition coefficient (Wildman–Crippen LogP) is 4.54. The number of hydrogen-bond donors (Lipinski definition) is 2. The smallest absolute Gasteiger partial charge is 0.252 e. The van der Waals surface area contributed by atoms with Crippen LogP contribution < -0.4 is 10.6 Å². The molecule has 0 radical (unpaired) electrons. The summed E-state index contributed by atoms with van der Waals surface area (Å²) in [7, 11) is 0. The molecule has 144 valence electrons. The molecule has 2 N–H and O–H groups in total. The van der Waals surface area contributed by atoms with Crippen molar-refractivity contribution >= 4 is 53.0 Å². The predicted molar refractivity (Wildman–Crippen MR) is 117 cm³/mol. The third-order valence-corrected chi connectivity index (χ3v) is 5.63. The van der Waals surface area contributed by atoms with Gasteiger partial charge in [-0.2, -0.15) is 0 Å². The van der Waals surface area contributed by atoms with Crippen LogP contribution in [0.25, 0.3) is 21.5 Å². The molecule has 1 aliphatic rings. The number of nitrogens with zero attached hydrogens (tertiary/aromatic N) is 1. The minimum absolute atomic E-state index is 0. The number of carbonyl (C=O) groups excluding carboxylic acids is 1. The van der Waals surface area contributed by atoms with Crippen molar-refractivity contribution in [3.63, 3.8) is 0 Å². The largest absolute Gasteiger partial charge is 0.352 e. The van der Waals surface area contributed by atoms with Gasteiger partial charge in [0.2, 0.25) is 0 Å². The lowest BCUT2D eigenvalue weighted by molar-refractivity contribution is 0.0953. The summed E-state index contributed by atoms with van der Waals surface area (Å²) in [6.45, 7) is 2.88. The van der Waals surface area contributed by atoms with Gasteiger partial charge in [0.15, 0.2) is 0 Å². The minimum atomic E-state index is -0.0117. The molecule has 2 aromatic heterocycles. The molecule has 0 bridgehead atoms. The Hall–Kier alpha value is -1.66. The van der Waals surface area contributed by atoms with E-state index in [2.05, 4.69) is 10.6 Å². The van der Waals surface area contributed by atoms with Gasteiger partial charge >= 0.3 is 0 Å². The average molecular weight is 424 g/mol.